The van der Waals surface area contributed by atoms with E-state index in [1.54, 1.807) is 18.6 Å². The van der Waals surface area contributed by atoms with Crippen molar-refractivity contribution in [3.63, 3.8) is 0 Å². The molecule has 0 aromatic carbocycles. The molecule has 0 radical (unpaired) electrons. The molecule has 0 N–H and O–H groups in total. The summed E-state index contributed by atoms with van der Waals surface area (Å²) in [4.78, 5) is 10.5. The van der Waals surface area contributed by atoms with Crippen LogP contribution in [-0.2, 0) is 11.3 Å². The van der Waals surface area contributed by atoms with E-state index in [0.29, 0.717) is 0 Å². The Labute approximate surface area is 123 Å². The van der Waals surface area contributed by atoms with Crippen LogP contribution in [0.2, 0.25) is 5.02 Å². The highest BCUT2D eigenvalue weighted by atomic mass is 35.5. The minimum absolute atomic E-state index is 0.0815. The molecular weight excluding hydrogens is 274 g/mol. The number of pyridine rings is 2. The number of hydrogen-bond acceptors (Lipinski definition) is 4. The van der Waals surface area contributed by atoms with Gasteiger partial charge in [0, 0.05) is 50.0 Å². The van der Waals surface area contributed by atoms with Crippen LogP contribution in [0.25, 0.3) is 0 Å². The third-order valence-corrected chi connectivity index (χ3v) is 3.80. The molecule has 0 amide bonds. The third kappa shape index (κ3) is 3.15. The summed E-state index contributed by atoms with van der Waals surface area (Å²) in [6, 6.07) is 5.97. The highest BCUT2D eigenvalue weighted by Gasteiger charge is 2.22. The summed E-state index contributed by atoms with van der Waals surface area (Å²) in [5, 5.41) is 0.719. The van der Waals surface area contributed by atoms with Crippen LogP contribution in [0.4, 0.5) is 0 Å². The van der Waals surface area contributed by atoms with Crippen molar-refractivity contribution in [1.82, 2.24) is 14.9 Å². The lowest BCUT2D eigenvalue weighted by Crippen LogP contribution is -2.37. The van der Waals surface area contributed by atoms with Gasteiger partial charge in [0.1, 0.15) is 0 Å². The zero-order valence-electron chi connectivity index (χ0n) is 11.1. The predicted octanol–water partition coefficient (Wildman–Crippen LogP) is 2.70. The fourth-order valence-corrected chi connectivity index (χ4v) is 2.57. The van der Waals surface area contributed by atoms with Crippen molar-refractivity contribution in [3.8, 4) is 0 Å². The van der Waals surface area contributed by atoms with Gasteiger partial charge in [-0.2, -0.15) is 0 Å². The van der Waals surface area contributed by atoms with Crippen LogP contribution >= 0.6 is 11.6 Å². The molecule has 2 aromatic heterocycles. The van der Waals surface area contributed by atoms with Gasteiger partial charge in [-0.3, -0.25) is 14.9 Å². The van der Waals surface area contributed by atoms with Gasteiger partial charge in [0.25, 0.3) is 0 Å². The lowest BCUT2D eigenvalue weighted by atomic mass is 10.1. The summed E-state index contributed by atoms with van der Waals surface area (Å²) in [6.07, 6.45) is 7.20. The van der Waals surface area contributed by atoms with Crippen LogP contribution in [0.3, 0.4) is 0 Å². The molecule has 4 nitrogen and oxygen atoms in total. The minimum Gasteiger partial charge on any atom is -0.371 e. The second kappa shape index (κ2) is 6.31. The normalized spacial score (nSPS) is 19.9. The summed E-state index contributed by atoms with van der Waals surface area (Å²) in [5.41, 5.74) is 2.23. The highest BCUT2D eigenvalue weighted by molar-refractivity contribution is 6.31. The molecule has 1 saturated heterocycles. The van der Waals surface area contributed by atoms with Crippen LogP contribution in [0.15, 0.2) is 43.0 Å². The van der Waals surface area contributed by atoms with E-state index < -0.39 is 0 Å². The maximum absolute atomic E-state index is 6.17. The molecule has 20 heavy (non-hydrogen) atoms. The quantitative estimate of drug-likeness (QED) is 0.871. The maximum atomic E-state index is 6.17. The summed E-state index contributed by atoms with van der Waals surface area (Å²) >= 11 is 6.17. The number of morpholine rings is 1. The van der Waals surface area contributed by atoms with E-state index in [4.69, 9.17) is 16.3 Å². The van der Waals surface area contributed by atoms with Crippen LogP contribution < -0.4 is 0 Å². The maximum Gasteiger partial charge on any atom is 0.0967 e. The third-order valence-electron chi connectivity index (χ3n) is 3.46. The molecule has 1 atom stereocenters. The van der Waals surface area contributed by atoms with Crippen LogP contribution in [0.1, 0.15) is 17.2 Å². The Bertz CT molecular complexity index is 564. The zero-order valence-corrected chi connectivity index (χ0v) is 11.8. The lowest BCUT2D eigenvalue weighted by molar-refractivity contribution is -0.0330. The smallest absolute Gasteiger partial charge is 0.0967 e. The standard InChI is InChI=1S/C15H16ClN3O/c16-14-9-18-5-3-13(14)10-19-6-7-20-15(11-19)12-2-1-4-17-8-12/h1-5,8-9,15H,6-7,10-11H2/t15-/m1/s1. The molecule has 0 aliphatic carbocycles. The van der Waals surface area contributed by atoms with Crippen LogP contribution in [0.5, 0.6) is 0 Å². The lowest BCUT2D eigenvalue weighted by Gasteiger charge is -2.33. The Hall–Kier alpha value is -1.49. The monoisotopic (exact) mass is 289 g/mol. The van der Waals surface area contributed by atoms with E-state index in [-0.39, 0.29) is 6.10 Å². The first-order chi connectivity index (χ1) is 9.83. The fraction of sp³-hybridized carbons (Fsp3) is 0.333. The molecule has 104 valence electrons. The minimum atomic E-state index is 0.0815. The first-order valence-corrected chi connectivity index (χ1v) is 7.03. The molecule has 0 saturated carbocycles. The summed E-state index contributed by atoms with van der Waals surface area (Å²) in [6.45, 7) is 3.31. The molecular formula is C15H16ClN3O. The summed E-state index contributed by atoms with van der Waals surface area (Å²) < 4.78 is 5.84. The molecule has 3 heterocycles. The highest BCUT2D eigenvalue weighted by Crippen LogP contribution is 2.24. The van der Waals surface area contributed by atoms with Gasteiger partial charge in [0.05, 0.1) is 17.7 Å². The summed E-state index contributed by atoms with van der Waals surface area (Å²) in [5.74, 6) is 0. The van der Waals surface area contributed by atoms with E-state index in [2.05, 4.69) is 20.9 Å². The van der Waals surface area contributed by atoms with Crippen molar-refractivity contribution < 1.29 is 4.74 Å². The van der Waals surface area contributed by atoms with Crippen molar-refractivity contribution in [2.45, 2.75) is 12.6 Å². The van der Waals surface area contributed by atoms with Gasteiger partial charge in [-0.25, -0.2) is 0 Å². The Kier molecular flexibility index (Phi) is 4.25. The van der Waals surface area contributed by atoms with Crippen LogP contribution in [-0.4, -0.2) is 34.6 Å². The number of nitrogens with zero attached hydrogens (tertiary/aromatic N) is 3. The Morgan fingerprint density at radius 1 is 1.25 bits per heavy atom. The molecule has 0 bridgehead atoms. The van der Waals surface area contributed by atoms with Crippen molar-refractivity contribution >= 4 is 11.6 Å². The topological polar surface area (TPSA) is 38.2 Å². The second-order valence-electron chi connectivity index (χ2n) is 4.85. The first kappa shape index (κ1) is 13.5. The van der Waals surface area contributed by atoms with Gasteiger partial charge in [-0.1, -0.05) is 17.7 Å². The fourth-order valence-electron chi connectivity index (χ4n) is 2.39. The molecule has 2 aromatic rings. The molecule has 0 unspecified atom stereocenters. The van der Waals surface area contributed by atoms with Crippen molar-refractivity contribution in [1.29, 1.82) is 0 Å². The summed E-state index contributed by atoms with van der Waals surface area (Å²) in [7, 11) is 0. The molecule has 5 heteroatoms. The van der Waals surface area contributed by atoms with Gasteiger partial charge in [-0.05, 0) is 17.7 Å². The zero-order chi connectivity index (χ0) is 13.8. The Morgan fingerprint density at radius 3 is 2.95 bits per heavy atom. The molecule has 1 fully saturated rings. The van der Waals surface area contributed by atoms with Gasteiger partial charge >= 0.3 is 0 Å². The van der Waals surface area contributed by atoms with Gasteiger partial charge < -0.3 is 4.74 Å². The SMILES string of the molecule is Clc1cnccc1CN1CCO[C@@H](c2cccnc2)C1. The Balaban J connectivity index is 1.68. The van der Waals surface area contributed by atoms with Gasteiger partial charge in [0.2, 0.25) is 0 Å². The average Bonchev–Trinajstić information content (AvgIpc) is 2.51. The number of hydrogen-bond donors (Lipinski definition) is 0. The second-order valence-corrected chi connectivity index (χ2v) is 5.26. The van der Waals surface area contributed by atoms with E-state index in [9.17, 15) is 0 Å². The molecule has 1 aliphatic heterocycles. The van der Waals surface area contributed by atoms with E-state index in [1.165, 1.54) is 0 Å². The van der Waals surface area contributed by atoms with Crippen molar-refractivity contribution in [2.24, 2.45) is 0 Å². The largest absolute Gasteiger partial charge is 0.371 e. The molecule has 1 aliphatic rings. The predicted molar refractivity (Wildman–Crippen MR) is 77.5 cm³/mol. The number of halogens is 1. The number of aromatic nitrogens is 2. The number of ether oxygens (including phenoxy) is 1. The van der Waals surface area contributed by atoms with E-state index >= 15 is 0 Å². The first-order valence-electron chi connectivity index (χ1n) is 6.65. The van der Waals surface area contributed by atoms with Crippen molar-refractivity contribution in [2.75, 3.05) is 19.7 Å². The average molecular weight is 290 g/mol. The molecule has 3 rings (SSSR count). The van der Waals surface area contributed by atoms with Gasteiger partial charge in [0.15, 0.2) is 0 Å². The molecule has 0 spiro atoms. The number of rotatable bonds is 3. The Morgan fingerprint density at radius 2 is 2.15 bits per heavy atom. The van der Waals surface area contributed by atoms with Crippen LogP contribution in [0, 0.1) is 0 Å². The van der Waals surface area contributed by atoms with Crippen molar-refractivity contribution in [3.05, 3.63) is 59.1 Å². The van der Waals surface area contributed by atoms with Gasteiger partial charge in [-0.15, -0.1) is 0 Å². The van der Waals surface area contributed by atoms with E-state index in [1.807, 2.05) is 18.3 Å². The van der Waals surface area contributed by atoms with E-state index in [0.717, 1.165) is 42.4 Å².